The second-order valence-corrected chi connectivity index (χ2v) is 5.04. The van der Waals surface area contributed by atoms with Crippen molar-refractivity contribution < 1.29 is 9.84 Å². The molecule has 2 rings (SSSR count). The quantitative estimate of drug-likeness (QED) is 0.560. The van der Waals surface area contributed by atoms with Gasteiger partial charge in [-0.05, 0) is 7.05 Å². The third-order valence-corrected chi connectivity index (χ3v) is 3.45. The van der Waals surface area contributed by atoms with Crippen molar-refractivity contribution in [3.8, 4) is 0 Å². The van der Waals surface area contributed by atoms with E-state index < -0.39 is 0 Å². The van der Waals surface area contributed by atoms with Crippen molar-refractivity contribution in [3.63, 3.8) is 0 Å². The number of nitrogens with two attached hydrogens (primary N) is 1. The van der Waals surface area contributed by atoms with Gasteiger partial charge in [0, 0.05) is 20.6 Å². The average Bonchev–Trinajstić information content (AvgIpc) is 2.77. The Morgan fingerprint density at radius 2 is 2.24 bits per heavy atom. The number of hydrogen-bond acceptors (Lipinski definition) is 8. The van der Waals surface area contributed by atoms with Gasteiger partial charge in [-0.25, -0.2) is 0 Å². The molecule has 4 N–H and O–H groups in total. The highest BCUT2D eigenvalue weighted by Gasteiger charge is 2.29. The predicted molar refractivity (Wildman–Crippen MR) is 80.4 cm³/mol. The molecule has 1 unspecified atom stereocenters. The fourth-order valence-corrected chi connectivity index (χ4v) is 2.24. The van der Waals surface area contributed by atoms with Crippen molar-refractivity contribution in [2.24, 2.45) is 7.05 Å². The van der Waals surface area contributed by atoms with Gasteiger partial charge in [-0.1, -0.05) is 0 Å². The van der Waals surface area contributed by atoms with E-state index in [0.717, 1.165) is 0 Å². The van der Waals surface area contributed by atoms with Crippen LogP contribution in [0.3, 0.4) is 0 Å². The Labute approximate surface area is 122 Å². The molecular weight excluding hydrogens is 276 g/mol. The number of aromatic nitrogens is 2. The first kappa shape index (κ1) is 15.5. The van der Waals surface area contributed by atoms with Crippen LogP contribution in [0.1, 0.15) is 0 Å². The van der Waals surface area contributed by atoms with Crippen LogP contribution in [0.15, 0.2) is 4.79 Å². The summed E-state index contributed by atoms with van der Waals surface area (Å²) in [7, 11) is 5.19. The highest BCUT2D eigenvalue weighted by molar-refractivity contribution is 5.72. The van der Waals surface area contributed by atoms with Gasteiger partial charge in [0.15, 0.2) is 5.82 Å². The lowest BCUT2D eigenvalue weighted by atomic mass is 10.4. The summed E-state index contributed by atoms with van der Waals surface area (Å²) in [5.41, 5.74) is 6.07. The van der Waals surface area contributed by atoms with E-state index in [-0.39, 0.29) is 30.9 Å². The summed E-state index contributed by atoms with van der Waals surface area (Å²) >= 11 is 0. The van der Waals surface area contributed by atoms with Crippen LogP contribution >= 0.6 is 0 Å². The Balaban J connectivity index is 2.18. The SMILES string of the molecule is CNCC(CO)OCN1CN(C)c2c1nc(N)n(C)c2=O. The van der Waals surface area contributed by atoms with E-state index in [9.17, 15) is 9.90 Å². The summed E-state index contributed by atoms with van der Waals surface area (Å²) < 4.78 is 6.94. The molecule has 0 amide bonds. The number of ether oxygens (including phenoxy) is 1. The number of nitrogen functional groups attached to an aromatic ring is 1. The number of hydrogen-bond donors (Lipinski definition) is 3. The minimum absolute atomic E-state index is 0.0799. The van der Waals surface area contributed by atoms with Gasteiger partial charge in [-0.3, -0.25) is 9.36 Å². The highest BCUT2D eigenvalue weighted by Crippen LogP contribution is 2.30. The van der Waals surface area contributed by atoms with E-state index in [1.807, 2.05) is 11.9 Å². The van der Waals surface area contributed by atoms with Crippen LogP contribution in [-0.2, 0) is 11.8 Å². The summed E-state index contributed by atoms with van der Waals surface area (Å²) in [5.74, 6) is 0.673. The number of rotatable bonds is 6. The van der Waals surface area contributed by atoms with Crippen molar-refractivity contribution in [2.45, 2.75) is 6.10 Å². The number of nitrogens with zero attached hydrogens (tertiary/aromatic N) is 4. The van der Waals surface area contributed by atoms with Crippen molar-refractivity contribution in [2.75, 3.05) is 56.2 Å². The van der Waals surface area contributed by atoms with Gasteiger partial charge in [0.2, 0.25) is 5.95 Å². The lowest BCUT2D eigenvalue weighted by Gasteiger charge is -2.22. The Morgan fingerprint density at radius 3 is 2.86 bits per heavy atom. The lowest BCUT2D eigenvalue weighted by Crippen LogP contribution is -2.36. The molecule has 1 aliphatic heterocycles. The molecular formula is C12H22N6O3. The van der Waals surface area contributed by atoms with E-state index in [2.05, 4.69) is 10.3 Å². The molecule has 9 nitrogen and oxygen atoms in total. The molecule has 1 aromatic rings. The summed E-state index contributed by atoms with van der Waals surface area (Å²) in [6.07, 6.45) is -0.312. The molecule has 1 atom stereocenters. The first-order chi connectivity index (χ1) is 9.99. The summed E-state index contributed by atoms with van der Waals surface area (Å²) in [4.78, 5) is 20.1. The summed E-state index contributed by atoms with van der Waals surface area (Å²) in [5, 5.41) is 12.2. The van der Waals surface area contributed by atoms with Crippen LogP contribution in [0.25, 0.3) is 0 Å². The zero-order chi connectivity index (χ0) is 15.6. The summed E-state index contributed by atoms with van der Waals surface area (Å²) in [6, 6.07) is 0. The van der Waals surface area contributed by atoms with Crippen molar-refractivity contribution in [3.05, 3.63) is 10.4 Å². The van der Waals surface area contributed by atoms with Crippen LogP contribution < -0.4 is 26.4 Å². The molecule has 21 heavy (non-hydrogen) atoms. The van der Waals surface area contributed by atoms with E-state index in [1.54, 1.807) is 19.0 Å². The Bertz CT molecular complexity index is 561. The fraction of sp³-hybridized carbons (Fsp3) is 0.667. The van der Waals surface area contributed by atoms with Crippen LogP contribution in [0.5, 0.6) is 0 Å². The Morgan fingerprint density at radius 1 is 1.52 bits per heavy atom. The number of likely N-dealkylation sites (N-methyl/N-ethyl adjacent to an activating group) is 1. The Hall–Kier alpha value is -1.84. The molecule has 1 aliphatic rings. The molecule has 0 spiro atoms. The van der Waals surface area contributed by atoms with Gasteiger partial charge in [-0.15, -0.1) is 0 Å². The van der Waals surface area contributed by atoms with Crippen LogP contribution in [0, 0.1) is 0 Å². The molecule has 1 aromatic heterocycles. The molecule has 0 saturated heterocycles. The van der Waals surface area contributed by atoms with Gasteiger partial charge >= 0.3 is 0 Å². The summed E-state index contributed by atoms with van der Waals surface area (Å²) in [6.45, 7) is 1.17. The highest BCUT2D eigenvalue weighted by atomic mass is 16.5. The molecule has 0 fully saturated rings. The lowest BCUT2D eigenvalue weighted by molar-refractivity contribution is 0.0156. The maximum absolute atomic E-state index is 12.2. The predicted octanol–water partition coefficient (Wildman–Crippen LogP) is -1.87. The molecule has 9 heteroatoms. The first-order valence-electron chi connectivity index (χ1n) is 6.69. The molecule has 0 radical (unpaired) electrons. The minimum Gasteiger partial charge on any atom is -0.394 e. The molecule has 0 aliphatic carbocycles. The molecule has 0 aromatic carbocycles. The fourth-order valence-electron chi connectivity index (χ4n) is 2.24. The molecule has 2 heterocycles. The van der Waals surface area contributed by atoms with Gasteiger partial charge in [0.1, 0.15) is 12.4 Å². The number of fused-ring (bicyclic) bond motifs is 1. The standard InChI is InChI=1S/C12H22N6O3/c1-14-4-8(5-19)21-7-18-6-16(2)9-10(18)15-12(13)17(3)11(9)20/h8,14,19H,4-7H2,1-3H3,(H2,13,15). The maximum Gasteiger partial charge on any atom is 0.280 e. The normalized spacial score (nSPS) is 15.4. The van der Waals surface area contributed by atoms with Crippen molar-refractivity contribution in [1.82, 2.24) is 14.9 Å². The third-order valence-electron chi connectivity index (χ3n) is 3.45. The van der Waals surface area contributed by atoms with Crippen LogP contribution in [0.4, 0.5) is 17.5 Å². The minimum atomic E-state index is -0.312. The number of aliphatic hydroxyl groups is 1. The average molecular weight is 298 g/mol. The van der Waals surface area contributed by atoms with Crippen molar-refractivity contribution in [1.29, 1.82) is 0 Å². The number of nitrogens with one attached hydrogen (secondary N) is 1. The molecule has 0 saturated carbocycles. The van der Waals surface area contributed by atoms with Crippen LogP contribution in [-0.4, -0.2) is 61.4 Å². The number of anilines is 3. The smallest absolute Gasteiger partial charge is 0.280 e. The van der Waals surface area contributed by atoms with Crippen molar-refractivity contribution >= 4 is 17.5 Å². The van der Waals surface area contributed by atoms with Gasteiger partial charge in [0.05, 0.1) is 19.4 Å². The van der Waals surface area contributed by atoms with Gasteiger partial charge in [0.25, 0.3) is 5.56 Å². The van der Waals surface area contributed by atoms with Crippen LogP contribution in [0.2, 0.25) is 0 Å². The largest absolute Gasteiger partial charge is 0.394 e. The second-order valence-electron chi connectivity index (χ2n) is 5.04. The van der Waals surface area contributed by atoms with Gasteiger partial charge in [-0.2, -0.15) is 4.98 Å². The van der Waals surface area contributed by atoms with Gasteiger partial charge < -0.3 is 30.7 Å². The van der Waals surface area contributed by atoms with E-state index >= 15 is 0 Å². The Kier molecular flexibility index (Phi) is 4.66. The maximum atomic E-state index is 12.2. The first-order valence-corrected chi connectivity index (χ1v) is 6.69. The molecule has 0 bridgehead atoms. The third kappa shape index (κ3) is 2.94. The second kappa shape index (κ2) is 6.29. The topological polar surface area (TPSA) is 109 Å². The number of aliphatic hydroxyl groups excluding tert-OH is 1. The van der Waals surface area contributed by atoms with E-state index in [0.29, 0.717) is 24.7 Å². The van der Waals surface area contributed by atoms with E-state index in [4.69, 9.17) is 10.5 Å². The van der Waals surface area contributed by atoms with E-state index in [1.165, 1.54) is 4.57 Å². The zero-order valence-electron chi connectivity index (χ0n) is 12.5. The molecule has 118 valence electrons. The zero-order valence-corrected chi connectivity index (χ0v) is 12.5. The monoisotopic (exact) mass is 298 g/mol.